The zero-order valence-corrected chi connectivity index (χ0v) is 8.24. The number of rotatable bonds is 1. The molecular formula is C11H12N2O. The minimum Gasteiger partial charge on any atom is -0.305 e. The highest BCUT2D eigenvalue weighted by molar-refractivity contribution is 5.81. The second kappa shape index (κ2) is 3.25. The van der Waals surface area contributed by atoms with Gasteiger partial charge in [-0.3, -0.25) is 0 Å². The maximum atomic E-state index is 11.0. The lowest BCUT2D eigenvalue weighted by Crippen LogP contribution is -2.09. The van der Waals surface area contributed by atoms with Crippen molar-refractivity contribution in [3.8, 4) is 0 Å². The number of aromatic nitrogens is 2. The van der Waals surface area contributed by atoms with E-state index in [0.29, 0.717) is 5.92 Å². The first-order chi connectivity index (χ1) is 6.68. The third kappa shape index (κ3) is 1.41. The summed E-state index contributed by atoms with van der Waals surface area (Å²) in [5.41, 5.74) is 1.78. The van der Waals surface area contributed by atoms with Gasteiger partial charge in [-0.1, -0.05) is 26.0 Å². The standard InChI is InChI=1S/C11H12N2O/c1-7(2)8-4-3-5-10-9(8)6-12-11(14)13-10/h3-7H,1-2H3,(H,12,13,14). The van der Waals surface area contributed by atoms with E-state index in [1.807, 2.05) is 12.1 Å². The summed E-state index contributed by atoms with van der Waals surface area (Å²) in [6.45, 7) is 4.25. The van der Waals surface area contributed by atoms with Crippen LogP contribution in [0.5, 0.6) is 0 Å². The summed E-state index contributed by atoms with van der Waals surface area (Å²) in [5, 5.41) is 1.03. The van der Waals surface area contributed by atoms with Crippen LogP contribution in [-0.4, -0.2) is 9.97 Å². The van der Waals surface area contributed by atoms with Crippen LogP contribution < -0.4 is 5.69 Å². The third-order valence-corrected chi connectivity index (χ3v) is 2.31. The number of nitrogens with zero attached hydrogens (tertiary/aromatic N) is 1. The molecule has 0 aliphatic carbocycles. The van der Waals surface area contributed by atoms with Crippen molar-refractivity contribution in [1.29, 1.82) is 0 Å². The molecule has 3 nitrogen and oxygen atoms in total. The molecule has 72 valence electrons. The summed E-state index contributed by atoms with van der Waals surface area (Å²) in [6.07, 6.45) is 1.64. The van der Waals surface area contributed by atoms with E-state index in [0.717, 1.165) is 10.9 Å². The number of H-pyrrole nitrogens is 1. The van der Waals surface area contributed by atoms with E-state index >= 15 is 0 Å². The molecule has 1 N–H and O–H groups in total. The fourth-order valence-corrected chi connectivity index (χ4v) is 1.61. The van der Waals surface area contributed by atoms with Crippen LogP contribution in [0, 0.1) is 0 Å². The number of benzene rings is 1. The van der Waals surface area contributed by atoms with Crippen LogP contribution in [-0.2, 0) is 0 Å². The molecule has 0 saturated carbocycles. The van der Waals surface area contributed by atoms with Gasteiger partial charge >= 0.3 is 5.69 Å². The molecule has 0 bridgehead atoms. The quantitative estimate of drug-likeness (QED) is 0.744. The Morgan fingerprint density at radius 2 is 2.14 bits per heavy atom. The first-order valence-electron chi connectivity index (χ1n) is 4.66. The summed E-state index contributed by atoms with van der Waals surface area (Å²) in [6, 6.07) is 5.91. The lowest BCUT2D eigenvalue weighted by Gasteiger charge is -2.08. The van der Waals surface area contributed by atoms with Gasteiger partial charge in [0.05, 0.1) is 5.52 Å². The van der Waals surface area contributed by atoms with Crippen LogP contribution in [0.3, 0.4) is 0 Å². The van der Waals surface area contributed by atoms with E-state index in [1.165, 1.54) is 5.56 Å². The molecule has 0 spiro atoms. The van der Waals surface area contributed by atoms with E-state index in [-0.39, 0.29) is 5.69 Å². The van der Waals surface area contributed by atoms with Gasteiger partial charge in [0.1, 0.15) is 0 Å². The van der Waals surface area contributed by atoms with Gasteiger partial charge in [-0.25, -0.2) is 9.78 Å². The average Bonchev–Trinajstić information content (AvgIpc) is 2.16. The predicted molar refractivity (Wildman–Crippen MR) is 56.5 cm³/mol. The molecule has 3 heteroatoms. The van der Waals surface area contributed by atoms with Crippen LogP contribution in [0.1, 0.15) is 25.3 Å². The molecular weight excluding hydrogens is 176 g/mol. The fraction of sp³-hybridized carbons (Fsp3) is 0.273. The lowest BCUT2D eigenvalue weighted by atomic mass is 9.99. The second-order valence-electron chi connectivity index (χ2n) is 3.65. The summed E-state index contributed by atoms with van der Waals surface area (Å²) < 4.78 is 0. The van der Waals surface area contributed by atoms with E-state index in [1.54, 1.807) is 6.20 Å². The van der Waals surface area contributed by atoms with Crippen molar-refractivity contribution in [2.24, 2.45) is 0 Å². The van der Waals surface area contributed by atoms with Crippen molar-refractivity contribution in [2.45, 2.75) is 19.8 Å². The van der Waals surface area contributed by atoms with Crippen LogP contribution in [0.4, 0.5) is 0 Å². The van der Waals surface area contributed by atoms with Crippen molar-refractivity contribution in [3.05, 3.63) is 40.4 Å². The van der Waals surface area contributed by atoms with Gasteiger partial charge in [0.2, 0.25) is 0 Å². The van der Waals surface area contributed by atoms with Crippen molar-refractivity contribution >= 4 is 10.9 Å². The van der Waals surface area contributed by atoms with Crippen LogP contribution in [0.25, 0.3) is 10.9 Å². The monoisotopic (exact) mass is 188 g/mol. The van der Waals surface area contributed by atoms with Gasteiger partial charge in [-0.15, -0.1) is 0 Å². The molecule has 1 aromatic carbocycles. The highest BCUT2D eigenvalue weighted by Crippen LogP contribution is 2.22. The van der Waals surface area contributed by atoms with Gasteiger partial charge in [-0.05, 0) is 17.5 Å². The molecule has 2 aromatic rings. The van der Waals surface area contributed by atoms with Crippen molar-refractivity contribution < 1.29 is 0 Å². The van der Waals surface area contributed by atoms with Gasteiger partial charge in [0, 0.05) is 11.6 Å². The SMILES string of the molecule is CC(C)c1cccc2[nH]c(=O)ncc12. The largest absolute Gasteiger partial charge is 0.345 e. The Labute approximate surface area is 81.8 Å². The lowest BCUT2D eigenvalue weighted by molar-refractivity contribution is 0.874. The van der Waals surface area contributed by atoms with Gasteiger partial charge in [0.25, 0.3) is 0 Å². The summed E-state index contributed by atoms with van der Waals surface area (Å²) in [5.74, 6) is 0.436. The Kier molecular flexibility index (Phi) is 2.08. The number of hydrogen-bond donors (Lipinski definition) is 1. The van der Waals surface area contributed by atoms with Crippen LogP contribution >= 0.6 is 0 Å². The van der Waals surface area contributed by atoms with Crippen LogP contribution in [0.15, 0.2) is 29.2 Å². The van der Waals surface area contributed by atoms with E-state index in [2.05, 4.69) is 29.9 Å². The minimum absolute atomic E-state index is 0.293. The molecule has 1 aromatic heterocycles. The summed E-state index contributed by atoms with van der Waals surface area (Å²) in [7, 11) is 0. The van der Waals surface area contributed by atoms with Gasteiger partial charge in [-0.2, -0.15) is 0 Å². The van der Waals surface area contributed by atoms with E-state index in [4.69, 9.17) is 0 Å². The predicted octanol–water partition coefficient (Wildman–Crippen LogP) is 2.05. The fourth-order valence-electron chi connectivity index (χ4n) is 1.61. The maximum absolute atomic E-state index is 11.0. The molecule has 0 aliphatic heterocycles. The molecule has 0 unspecified atom stereocenters. The van der Waals surface area contributed by atoms with Gasteiger partial charge in [0.15, 0.2) is 0 Å². The number of hydrogen-bond acceptors (Lipinski definition) is 2. The molecule has 0 atom stereocenters. The van der Waals surface area contributed by atoms with Crippen molar-refractivity contribution in [1.82, 2.24) is 9.97 Å². The minimum atomic E-state index is -0.293. The topological polar surface area (TPSA) is 45.8 Å². The highest BCUT2D eigenvalue weighted by Gasteiger charge is 2.04. The molecule has 0 fully saturated rings. The number of nitrogens with one attached hydrogen (secondary N) is 1. The first kappa shape index (κ1) is 8.94. The van der Waals surface area contributed by atoms with Gasteiger partial charge < -0.3 is 4.98 Å². The zero-order chi connectivity index (χ0) is 10.1. The molecule has 14 heavy (non-hydrogen) atoms. The number of aromatic amines is 1. The van der Waals surface area contributed by atoms with E-state index < -0.39 is 0 Å². The Bertz CT molecular complexity index is 514. The van der Waals surface area contributed by atoms with E-state index in [9.17, 15) is 4.79 Å². The summed E-state index contributed by atoms with van der Waals surface area (Å²) >= 11 is 0. The van der Waals surface area contributed by atoms with Crippen molar-refractivity contribution in [3.63, 3.8) is 0 Å². The molecule has 2 rings (SSSR count). The average molecular weight is 188 g/mol. The Morgan fingerprint density at radius 1 is 1.36 bits per heavy atom. The summed E-state index contributed by atoms with van der Waals surface area (Å²) in [4.78, 5) is 17.5. The highest BCUT2D eigenvalue weighted by atomic mass is 16.1. The van der Waals surface area contributed by atoms with Crippen LogP contribution in [0.2, 0.25) is 0 Å². The zero-order valence-electron chi connectivity index (χ0n) is 8.24. The Hall–Kier alpha value is -1.64. The number of fused-ring (bicyclic) bond motifs is 1. The molecule has 0 aliphatic rings. The Morgan fingerprint density at radius 3 is 2.86 bits per heavy atom. The molecule has 1 heterocycles. The van der Waals surface area contributed by atoms with Crippen molar-refractivity contribution in [2.75, 3.05) is 0 Å². The Balaban J connectivity index is 2.81. The maximum Gasteiger partial charge on any atom is 0.345 e. The normalized spacial score (nSPS) is 11.1. The molecule has 0 radical (unpaired) electrons. The second-order valence-corrected chi connectivity index (χ2v) is 3.65. The molecule has 0 saturated heterocycles. The third-order valence-electron chi connectivity index (χ3n) is 2.31. The smallest absolute Gasteiger partial charge is 0.305 e. The molecule has 0 amide bonds. The first-order valence-corrected chi connectivity index (χ1v) is 4.66.